The Hall–Kier alpha value is -2.43. The van der Waals surface area contributed by atoms with E-state index in [4.69, 9.17) is 4.74 Å². The SMILES string of the molecule is CCOc1ccc(C(=O)NC(C)c2ccc(F)cc2F)cc1. The third-order valence-corrected chi connectivity index (χ3v) is 3.20. The maximum Gasteiger partial charge on any atom is 0.251 e. The predicted octanol–water partition coefficient (Wildman–Crippen LogP) is 3.85. The van der Waals surface area contributed by atoms with Crippen molar-refractivity contribution in [2.24, 2.45) is 0 Å². The number of nitrogens with one attached hydrogen (secondary N) is 1. The van der Waals surface area contributed by atoms with Gasteiger partial charge in [0.25, 0.3) is 5.91 Å². The molecule has 22 heavy (non-hydrogen) atoms. The summed E-state index contributed by atoms with van der Waals surface area (Å²) in [6.07, 6.45) is 0. The van der Waals surface area contributed by atoms with Crippen molar-refractivity contribution in [2.45, 2.75) is 19.9 Å². The van der Waals surface area contributed by atoms with E-state index in [-0.39, 0.29) is 11.5 Å². The lowest BCUT2D eigenvalue weighted by atomic mass is 10.1. The molecule has 1 N–H and O–H groups in total. The summed E-state index contributed by atoms with van der Waals surface area (Å²) in [5, 5.41) is 2.68. The van der Waals surface area contributed by atoms with E-state index < -0.39 is 17.7 Å². The third-order valence-electron chi connectivity index (χ3n) is 3.20. The maximum atomic E-state index is 13.7. The fourth-order valence-corrected chi connectivity index (χ4v) is 2.08. The second kappa shape index (κ2) is 7.02. The van der Waals surface area contributed by atoms with Crippen LogP contribution in [0.4, 0.5) is 8.78 Å². The van der Waals surface area contributed by atoms with Gasteiger partial charge < -0.3 is 10.1 Å². The van der Waals surface area contributed by atoms with Gasteiger partial charge in [-0.1, -0.05) is 6.07 Å². The number of carbonyl (C=O) groups is 1. The highest BCUT2D eigenvalue weighted by molar-refractivity contribution is 5.94. The molecule has 1 atom stereocenters. The zero-order valence-electron chi connectivity index (χ0n) is 12.4. The number of ether oxygens (including phenoxy) is 1. The van der Waals surface area contributed by atoms with Gasteiger partial charge in [0.2, 0.25) is 0 Å². The first-order valence-electron chi connectivity index (χ1n) is 7.00. The normalized spacial score (nSPS) is 11.8. The second-order valence-electron chi connectivity index (χ2n) is 4.82. The number of carbonyl (C=O) groups excluding carboxylic acids is 1. The van der Waals surface area contributed by atoms with Crippen LogP contribution in [-0.2, 0) is 0 Å². The molecule has 0 bridgehead atoms. The summed E-state index contributed by atoms with van der Waals surface area (Å²) in [5.41, 5.74) is 0.679. The lowest BCUT2D eigenvalue weighted by molar-refractivity contribution is 0.0939. The van der Waals surface area contributed by atoms with Gasteiger partial charge in [0, 0.05) is 17.2 Å². The van der Waals surface area contributed by atoms with Crippen molar-refractivity contribution in [3.63, 3.8) is 0 Å². The van der Waals surface area contributed by atoms with Crippen molar-refractivity contribution >= 4 is 5.91 Å². The monoisotopic (exact) mass is 305 g/mol. The van der Waals surface area contributed by atoms with Crippen molar-refractivity contribution in [2.75, 3.05) is 6.61 Å². The Balaban J connectivity index is 2.07. The van der Waals surface area contributed by atoms with Gasteiger partial charge in [0.05, 0.1) is 12.6 Å². The molecule has 0 spiro atoms. The summed E-state index contributed by atoms with van der Waals surface area (Å²) in [4.78, 5) is 12.1. The van der Waals surface area contributed by atoms with Crippen molar-refractivity contribution in [1.29, 1.82) is 0 Å². The fourth-order valence-electron chi connectivity index (χ4n) is 2.08. The highest BCUT2D eigenvalue weighted by Gasteiger charge is 2.15. The molecule has 3 nitrogen and oxygen atoms in total. The van der Waals surface area contributed by atoms with Crippen molar-refractivity contribution in [3.05, 3.63) is 65.2 Å². The Morgan fingerprint density at radius 2 is 1.86 bits per heavy atom. The Kier molecular flexibility index (Phi) is 5.09. The van der Waals surface area contributed by atoms with E-state index in [0.29, 0.717) is 17.9 Å². The average molecular weight is 305 g/mol. The molecule has 1 amide bonds. The first-order chi connectivity index (χ1) is 10.5. The zero-order valence-corrected chi connectivity index (χ0v) is 12.4. The summed E-state index contributed by atoms with van der Waals surface area (Å²) in [7, 11) is 0. The molecule has 0 aliphatic heterocycles. The van der Waals surface area contributed by atoms with Gasteiger partial charge in [-0.05, 0) is 44.2 Å². The van der Waals surface area contributed by atoms with Crippen LogP contribution in [0.2, 0.25) is 0 Å². The molecule has 0 heterocycles. The molecule has 0 saturated carbocycles. The average Bonchev–Trinajstić information content (AvgIpc) is 2.48. The van der Waals surface area contributed by atoms with Crippen LogP contribution in [0.15, 0.2) is 42.5 Å². The summed E-state index contributed by atoms with van der Waals surface area (Å²) in [6, 6.07) is 9.38. The number of amides is 1. The first-order valence-corrected chi connectivity index (χ1v) is 7.00. The lowest BCUT2D eigenvalue weighted by Gasteiger charge is -2.15. The summed E-state index contributed by atoms with van der Waals surface area (Å²) in [5.74, 6) is -0.985. The molecule has 1 unspecified atom stereocenters. The predicted molar refractivity (Wildman–Crippen MR) is 79.9 cm³/mol. The van der Waals surface area contributed by atoms with E-state index in [1.807, 2.05) is 6.92 Å². The molecule has 2 aromatic carbocycles. The second-order valence-corrected chi connectivity index (χ2v) is 4.82. The molecule has 0 aliphatic rings. The minimum atomic E-state index is -0.681. The highest BCUT2D eigenvalue weighted by Crippen LogP contribution is 2.19. The summed E-state index contributed by atoms with van der Waals surface area (Å²) < 4.78 is 31.9. The molecule has 0 aromatic heterocycles. The minimum absolute atomic E-state index is 0.237. The Bertz CT molecular complexity index is 656. The van der Waals surface area contributed by atoms with Crippen molar-refractivity contribution in [3.8, 4) is 5.75 Å². The van der Waals surface area contributed by atoms with Crippen LogP contribution in [0, 0.1) is 11.6 Å². The van der Waals surface area contributed by atoms with E-state index in [1.165, 1.54) is 6.07 Å². The van der Waals surface area contributed by atoms with Crippen LogP contribution >= 0.6 is 0 Å². The van der Waals surface area contributed by atoms with Crippen LogP contribution in [0.25, 0.3) is 0 Å². The topological polar surface area (TPSA) is 38.3 Å². The lowest BCUT2D eigenvalue weighted by Crippen LogP contribution is -2.27. The van der Waals surface area contributed by atoms with Crippen molar-refractivity contribution in [1.82, 2.24) is 5.32 Å². The molecule has 116 valence electrons. The first kappa shape index (κ1) is 15.9. The largest absolute Gasteiger partial charge is 0.494 e. The molecular weight excluding hydrogens is 288 g/mol. The Morgan fingerprint density at radius 1 is 1.18 bits per heavy atom. The standard InChI is InChI=1S/C17H17F2NO2/c1-3-22-14-7-4-12(5-8-14)17(21)20-11(2)15-9-6-13(18)10-16(15)19/h4-11H,3H2,1-2H3,(H,20,21). The Labute approximate surface area is 127 Å². The van der Waals surface area contributed by atoms with Crippen LogP contribution in [0.1, 0.15) is 35.8 Å². The van der Waals surface area contributed by atoms with E-state index in [1.54, 1.807) is 31.2 Å². The fraction of sp³-hybridized carbons (Fsp3) is 0.235. The minimum Gasteiger partial charge on any atom is -0.494 e. The van der Waals surface area contributed by atoms with Gasteiger partial charge in [-0.25, -0.2) is 8.78 Å². The van der Waals surface area contributed by atoms with Gasteiger partial charge in [-0.2, -0.15) is 0 Å². The van der Waals surface area contributed by atoms with Crippen LogP contribution < -0.4 is 10.1 Å². The van der Waals surface area contributed by atoms with Gasteiger partial charge >= 0.3 is 0 Å². The van der Waals surface area contributed by atoms with E-state index >= 15 is 0 Å². The number of halogens is 2. The number of rotatable bonds is 5. The van der Waals surface area contributed by atoms with E-state index in [9.17, 15) is 13.6 Å². The quantitative estimate of drug-likeness (QED) is 0.911. The maximum absolute atomic E-state index is 13.7. The molecule has 2 rings (SSSR count). The van der Waals surface area contributed by atoms with Crippen LogP contribution in [-0.4, -0.2) is 12.5 Å². The van der Waals surface area contributed by atoms with Crippen LogP contribution in [0.5, 0.6) is 5.75 Å². The van der Waals surface area contributed by atoms with Gasteiger partial charge in [-0.15, -0.1) is 0 Å². The van der Waals surface area contributed by atoms with E-state index in [0.717, 1.165) is 12.1 Å². The molecule has 0 aliphatic carbocycles. The molecule has 0 fully saturated rings. The summed E-state index contributed by atoms with van der Waals surface area (Å²) in [6.45, 7) is 4.06. The summed E-state index contributed by atoms with van der Waals surface area (Å²) >= 11 is 0. The molecule has 2 aromatic rings. The third kappa shape index (κ3) is 3.81. The smallest absolute Gasteiger partial charge is 0.251 e. The Morgan fingerprint density at radius 3 is 2.45 bits per heavy atom. The number of benzene rings is 2. The van der Waals surface area contributed by atoms with Crippen molar-refractivity contribution < 1.29 is 18.3 Å². The number of hydrogen-bond donors (Lipinski definition) is 1. The zero-order chi connectivity index (χ0) is 16.1. The van der Waals surface area contributed by atoms with Crippen LogP contribution in [0.3, 0.4) is 0 Å². The molecule has 5 heteroatoms. The van der Waals surface area contributed by atoms with Gasteiger partial charge in [-0.3, -0.25) is 4.79 Å². The van der Waals surface area contributed by atoms with Gasteiger partial charge in [0.15, 0.2) is 0 Å². The molecule has 0 saturated heterocycles. The number of hydrogen-bond acceptors (Lipinski definition) is 2. The molecule has 0 radical (unpaired) electrons. The van der Waals surface area contributed by atoms with Gasteiger partial charge in [0.1, 0.15) is 17.4 Å². The highest BCUT2D eigenvalue weighted by atomic mass is 19.1. The molecular formula is C17H17F2NO2. The van der Waals surface area contributed by atoms with E-state index in [2.05, 4.69) is 5.32 Å².